The van der Waals surface area contributed by atoms with Gasteiger partial charge in [0.2, 0.25) is 5.78 Å². The Labute approximate surface area is 120 Å². The summed E-state index contributed by atoms with van der Waals surface area (Å²) < 4.78 is 10.5. The number of ether oxygens (including phenoxy) is 2. The van der Waals surface area contributed by atoms with Crippen LogP contribution < -0.4 is 9.47 Å². The highest BCUT2D eigenvalue weighted by atomic mass is 16.5. The van der Waals surface area contributed by atoms with Crippen molar-refractivity contribution < 1.29 is 19.1 Å². The molecule has 21 heavy (non-hydrogen) atoms. The molecule has 0 fully saturated rings. The Morgan fingerprint density at radius 2 is 2.19 bits per heavy atom. The van der Waals surface area contributed by atoms with Gasteiger partial charge in [0.05, 0.1) is 5.56 Å². The number of carbonyl (C=O) groups excluding carboxylic acids is 2. The lowest BCUT2D eigenvalue weighted by Crippen LogP contribution is -2.01. The first-order valence-electron chi connectivity index (χ1n) is 6.30. The Morgan fingerprint density at radius 3 is 2.90 bits per heavy atom. The summed E-state index contributed by atoms with van der Waals surface area (Å²) in [7, 11) is 0. The second kappa shape index (κ2) is 5.20. The van der Waals surface area contributed by atoms with E-state index in [9.17, 15) is 9.59 Å². The van der Waals surface area contributed by atoms with Crippen molar-refractivity contribution in [3.8, 4) is 11.5 Å². The smallest absolute Gasteiger partial charge is 0.308 e. The number of fused-ring (bicyclic) bond motifs is 1. The van der Waals surface area contributed by atoms with Crippen molar-refractivity contribution in [3.05, 3.63) is 59.6 Å². The molecule has 0 aliphatic carbocycles. The Bertz CT molecular complexity index is 750. The van der Waals surface area contributed by atoms with Crippen LogP contribution in [-0.4, -0.2) is 16.7 Å². The number of Topliss-reactive ketones (excluding diaryl/α,β-unsaturated/α-hetero) is 1. The third-order valence-corrected chi connectivity index (χ3v) is 2.89. The molecule has 0 unspecified atom stereocenters. The SMILES string of the molecule is CC(=O)Oc1ccc2c(c1)O/C(=C\c1cccnc1)C2=O. The molecule has 1 aliphatic heterocycles. The van der Waals surface area contributed by atoms with Crippen molar-refractivity contribution in [2.24, 2.45) is 0 Å². The molecule has 5 nitrogen and oxygen atoms in total. The van der Waals surface area contributed by atoms with Gasteiger partial charge in [-0.3, -0.25) is 14.6 Å². The number of nitrogens with zero attached hydrogens (tertiary/aromatic N) is 1. The van der Waals surface area contributed by atoms with Crippen LogP contribution in [0.1, 0.15) is 22.8 Å². The second-order valence-corrected chi connectivity index (χ2v) is 4.48. The van der Waals surface area contributed by atoms with Crippen LogP contribution in [0.15, 0.2) is 48.5 Å². The van der Waals surface area contributed by atoms with Gasteiger partial charge in [0.15, 0.2) is 5.76 Å². The zero-order chi connectivity index (χ0) is 14.8. The predicted molar refractivity (Wildman–Crippen MR) is 74.9 cm³/mol. The molecular weight excluding hydrogens is 270 g/mol. The fourth-order valence-electron chi connectivity index (χ4n) is 2.01. The number of pyridine rings is 1. The molecule has 3 rings (SSSR count). The molecule has 1 aromatic carbocycles. The number of ketones is 1. The van der Waals surface area contributed by atoms with Crippen molar-refractivity contribution in [1.29, 1.82) is 0 Å². The summed E-state index contributed by atoms with van der Waals surface area (Å²) >= 11 is 0. The van der Waals surface area contributed by atoms with E-state index in [1.807, 2.05) is 6.07 Å². The van der Waals surface area contributed by atoms with E-state index in [0.29, 0.717) is 17.1 Å². The molecule has 2 heterocycles. The summed E-state index contributed by atoms with van der Waals surface area (Å²) in [5.74, 6) is 0.317. The van der Waals surface area contributed by atoms with Crippen LogP contribution in [0.4, 0.5) is 0 Å². The molecule has 0 bridgehead atoms. The minimum Gasteiger partial charge on any atom is -0.452 e. The van der Waals surface area contributed by atoms with Gasteiger partial charge in [-0.05, 0) is 29.8 Å². The van der Waals surface area contributed by atoms with Crippen molar-refractivity contribution in [1.82, 2.24) is 4.98 Å². The van der Waals surface area contributed by atoms with E-state index < -0.39 is 5.97 Å². The number of hydrogen-bond donors (Lipinski definition) is 0. The first kappa shape index (κ1) is 13.1. The highest BCUT2D eigenvalue weighted by Gasteiger charge is 2.27. The van der Waals surface area contributed by atoms with E-state index >= 15 is 0 Å². The Balaban J connectivity index is 1.91. The minimum absolute atomic E-state index is 0.205. The third-order valence-electron chi connectivity index (χ3n) is 2.89. The summed E-state index contributed by atoms with van der Waals surface area (Å²) in [5, 5.41) is 0. The summed E-state index contributed by atoms with van der Waals surface area (Å²) in [4.78, 5) is 27.1. The summed E-state index contributed by atoms with van der Waals surface area (Å²) in [6.07, 6.45) is 4.91. The number of aromatic nitrogens is 1. The van der Waals surface area contributed by atoms with Crippen molar-refractivity contribution in [2.75, 3.05) is 0 Å². The molecule has 0 saturated heterocycles. The Morgan fingerprint density at radius 1 is 1.33 bits per heavy atom. The first-order chi connectivity index (χ1) is 10.1. The molecule has 1 aliphatic rings. The molecule has 0 atom stereocenters. The number of hydrogen-bond acceptors (Lipinski definition) is 5. The van der Waals surface area contributed by atoms with Gasteiger partial charge in [-0.25, -0.2) is 0 Å². The first-order valence-corrected chi connectivity index (χ1v) is 6.30. The maximum atomic E-state index is 12.2. The van der Waals surface area contributed by atoms with E-state index in [4.69, 9.17) is 9.47 Å². The summed E-state index contributed by atoms with van der Waals surface area (Å²) in [5.41, 5.74) is 1.22. The van der Waals surface area contributed by atoms with Crippen molar-refractivity contribution in [3.63, 3.8) is 0 Å². The predicted octanol–water partition coefficient (Wildman–Crippen LogP) is 2.62. The Hall–Kier alpha value is -2.95. The van der Waals surface area contributed by atoms with Crippen molar-refractivity contribution in [2.45, 2.75) is 6.92 Å². The fraction of sp³-hybridized carbons (Fsp3) is 0.0625. The lowest BCUT2D eigenvalue weighted by atomic mass is 10.1. The van der Waals surface area contributed by atoms with Gasteiger partial charge in [0, 0.05) is 25.4 Å². The highest BCUT2D eigenvalue weighted by Crippen LogP contribution is 2.34. The summed E-state index contributed by atoms with van der Waals surface area (Å²) in [6, 6.07) is 8.27. The maximum Gasteiger partial charge on any atom is 0.308 e. The van der Waals surface area contributed by atoms with E-state index in [0.717, 1.165) is 5.56 Å². The quantitative estimate of drug-likeness (QED) is 0.481. The minimum atomic E-state index is -0.426. The van der Waals surface area contributed by atoms with Crippen LogP contribution in [0.25, 0.3) is 6.08 Å². The second-order valence-electron chi connectivity index (χ2n) is 4.48. The summed E-state index contributed by atoms with van der Waals surface area (Å²) in [6.45, 7) is 1.31. The lowest BCUT2D eigenvalue weighted by Gasteiger charge is -2.02. The molecule has 1 aromatic heterocycles. The number of carbonyl (C=O) groups is 2. The normalized spacial score (nSPS) is 14.7. The third kappa shape index (κ3) is 2.67. The monoisotopic (exact) mass is 281 g/mol. The average molecular weight is 281 g/mol. The molecule has 0 amide bonds. The zero-order valence-corrected chi connectivity index (χ0v) is 11.2. The molecule has 0 radical (unpaired) electrons. The van der Waals surface area contributed by atoms with Crippen LogP contribution in [0, 0.1) is 0 Å². The van der Waals surface area contributed by atoms with Crippen LogP contribution in [-0.2, 0) is 4.79 Å². The Kier molecular flexibility index (Phi) is 3.23. The van der Waals surface area contributed by atoms with Gasteiger partial charge in [-0.15, -0.1) is 0 Å². The topological polar surface area (TPSA) is 65.5 Å². The molecule has 2 aromatic rings. The average Bonchev–Trinajstić information content (AvgIpc) is 2.75. The maximum absolute atomic E-state index is 12.2. The zero-order valence-electron chi connectivity index (χ0n) is 11.2. The van der Waals surface area contributed by atoms with Crippen LogP contribution in [0.5, 0.6) is 11.5 Å². The largest absolute Gasteiger partial charge is 0.452 e. The van der Waals surface area contributed by atoms with Crippen molar-refractivity contribution >= 4 is 17.8 Å². The van der Waals surface area contributed by atoms with Gasteiger partial charge < -0.3 is 9.47 Å². The van der Waals surface area contributed by atoms with E-state index in [1.165, 1.54) is 13.0 Å². The number of esters is 1. The number of rotatable bonds is 2. The molecule has 0 N–H and O–H groups in total. The standard InChI is InChI=1S/C16H11NO4/c1-10(18)20-12-4-5-13-14(8-12)21-15(16(13)19)7-11-3-2-6-17-9-11/h2-9H,1H3/b15-7-. The van der Waals surface area contributed by atoms with Crippen LogP contribution in [0.3, 0.4) is 0 Å². The number of benzene rings is 1. The molecule has 104 valence electrons. The van der Waals surface area contributed by atoms with Gasteiger partial charge in [-0.1, -0.05) is 6.07 Å². The molecule has 0 saturated carbocycles. The van der Waals surface area contributed by atoms with E-state index in [2.05, 4.69) is 4.98 Å². The molecular formula is C16H11NO4. The van der Waals surface area contributed by atoms with E-state index in [-0.39, 0.29) is 11.5 Å². The fourth-order valence-corrected chi connectivity index (χ4v) is 2.01. The molecule has 0 spiro atoms. The van der Waals surface area contributed by atoms with Crippen LogP contribution in [0.2, 0.25) is 0 Å². The van der Waals surface area contributed by atoms with Crippen LogP contribution >= 0.6 is 0 Å². The highest BCUT2D eigenvalue weighted by molar-refractivity contribution is 6.14. The van der Waals surface area contributed by atoms with E-state index in [1.54, 1.807) is 36.7 Å². The number of allylic oxidation sites excluding steroid dienone is 1. The van der Waals surface area contributed by atoms with Gasteiger partial charge in [0.1, 0.15) is 11.5 Å². The van der Waals surface area contributed by atoms with Gasteiger partial charge >= 0.3 is 5.97 Å². The lowest BCUT2D eigenvalue weighted by molar-refractivity contribution is -0.131. The van der Waals surface area contributed by atoms with Gasteiger partial charge in [0.25, 0.3) is 0 Å². The molecule has 5 heteroatoms. The van der Waals surface area contributed by atoms with Gasteiger partial charge in [-0.2, -0.15) is 0 Å².